The molecule has 0 aliphatic carbocycles. The third-order valence-corrected chi connectivity index (χ3v) is 13.9. The maximum absolute atomic E-state index is 4.97. The van der Waals surface area contributed by atoms with E-state index in [2.05, 4.69) is 273 Å². The smallest absolute Gasteiger partial charge is 0.0966 e. The number of benzene rings is 11. The van der Waals surface area contributed by atoms with Crippen molar-refractivity contribution in [1.82, 2.24) is 9.13 Å². The number of hydrogen-bond donors (Lipinski definition) is 0. The van der Waals surface area contributed by atoms with E-state index in [4.69, 9.17) is 4.99 Å². The minimum absolute atomic E-state index is 0.768. The highest BCUT2D eigenvalue weighted by Crippen LogP contribution is 2.47. The van der Waals surface area contributed by atoms with E-state index in [1.54, 1.807) is 0 Å². The second-order valence-electron chi connectivity index (χ2n) is 17.8. The number of hydrogen-bond acceptors (Lipinski definition) is 4. The number of aromatic nitrogens is 2. The van der Waals surface area contributed by atoms with Gasteiger partial charge >= 0.3 is 0 Å². The highest BCUT2D eigenvalue weighted by Gasteiger charge is 2.22. The lowest BCUT2D eigenvalue weighted by Crippen LogP contribution is -2.09. The minimum Gasteiger partial charge on any atom is -0.310 e. The Bertz CT molecular complexity index is 4110. The molecule has 0 unspecified atom stereocenters. The number of para-hydroxylation sites is 6. The van der Waals surface area contributed by atoms with E-state index in [0.29, 0.717) is 0 Å². The van der Waals surface area contributed by atoms with E-state index in [1.165, 1.54) is 21.5 Å². The molecule has 0 radical (unpaired) electrons. The van der Waals surface area contributed by atoms with Gasteiger partial charge in [0.1, 0.15) is 0 Å². The van der Waals surface area contributed by atoms with Crippen molar-refractivity contribution < 1.29 is 0 Å². The van der Waals surface area contributed by atoms with Crippen molar-refractivity contribution >= 4 is 124 Å². The Hall–Kier alpha value is -9.52. The van der Waals surface area contributed by atoms with E-state index in [9.17, 15) is 0 Å². The molecule has 336 valence electrons. The molecule has 6 nitrogen and oxygen atoms in total. The molecule has 0 bridgehead atoms. The van der Waals surface area contributed by atoms with E-state index >= 15 is 0 Å². The van der Waals surface area contributed by atoms with Gasteiger partial charge in [-0.15, -0.1) is 0 Å². The molecule has 0 aliphatic heterocycles. The largest absolute Gasteiger partial charge is 0.310 e. The number of nitrogens with zero attached hydrogens (tertiary/aromatic N) is 6. The zero-order valence-corrected chi connectivity index (χ0v) is 39.1. The number of anilines is 6. The van der Waals surface area contributed by atoms with Gasteiger partial charge in [0.05, 0.1) is 33.4 Å². The number of aliphatic imine (C=N–C) groups is 2. The van der Waals surface area contributed by atoms with Gasteiger partial charge in [-0.3, -0.25) is 9.98 Å². The first kappa shape index (κ1) is 41.7. The lowest BCUT2D eigenvalue weighted by Gasteiger charge is -2.25. The third-order valence-electron chi connectivity index (χ3n) is 13.9. The quantitative estimate of drug-likeness (QED) is 0.101. The molecule has 0 saturated heterocycles. The highest BCUT2D eigenvalue weighted by molar-refractivity contribution is 6.21. The molecular formula is C65H46N6. The highest BCUT2D eigenvalue weighted by atomic mass is 15.1. The Morgan fingerprint density at radius 2 is 0.690 bits per heavy atom. The van der Waals surface area contributed by atoms with Crippen LogP contribution in [0.5, 0.6) is 0 Å². The van der Waals surface area contributed by atoms with Crippen molar-refractivity contribution in [2.45, 2.75) is 6.92 Å². The van der Waals surface area contributed by atoms with Gasteiger partial charge in [0.15, 0.2) is 0 Å². The topological polar surface area (TPSA) is 41.1 Å². The van der Waals surface area contributed by atoms with Gasteiger partial charge in [-0.25, -0.2) is 0 Å². The Morgan fingerprint density at radius 1 is 0.324 bits per heavy atom. The second-order valence-corrected chi connectivity index (χ2v) is 17.8. The molecule has 0 amide bonds. The predicted molar refractivity (Wildman–Crippen MR) is 303 cm³/mol. The van der Waals surface area contributed by atoms with E-state index in [1.807, 2.05) is 13.1 Å². The van der Waals surface area contributed by atoms with Crippen LogP contribution in [0.1, 0.15) is 6.92 Å². The number of rotatable bonds is 10. The second kappa shape index (κ2) is 17.2. The summed E-state index contributed by atoms with van der Waals surface area (Å²) in [5.74, 6) is 0. The summed E-state index contributed by atoms with van der Waals surface area (Å²) in [5.41, 5.74) is 14.8. The molecule has 0 spiro atoms. The summed E-state index contributed by atoms with van der Waals surface area (Å²) in [6, 6.07) is 87.0. The standard InChI is InChI=1S/C65H46N6/c1-3-67-65-55-37-33-51(71-61-31-19-17-29-53(61)59-43-49(35-39-63(59)71)69(46-24-12-6-13-25-46)47-26-14-7-15-27-47)41-57(55)56-40-50(32-36-54(56)64(65)66-2)70-60-30-18-16-28-52(60)58-42-48(34-38-62(58)70)68(44-20-8-4-9-21-44)45-22-10-5-11-23-45/h3-43H,2H2,1H3. The minimum atomic E-state index is 0.768. The summed E-state index contributed by atoms with van der Waals surface area (Å²) in [6.07, 6.45) is 1.85. The van der Waals surface area contributed by atoms with E-state index in [0.717, 1.165) is 100 Å². The zero-order valence-electron chi connectivity index (χ0n) is 39.1. The average Bonchev–Trinajstić information content (AvgIpc) is 3.95. The van der Waals surface area contributed by atoms with Crippen LogP contribution in [0, 0.1) is 0 Å². The molecular weight excluding hydrogens is 865 g/mol. The van der Waals surface area contributed by atoms with Gasteiger partial charge in [-0.1, -0.05) is 121 Å². The molecule has 6 heteroatoms. The fourth-order valence-electron chi connectivity index (χ4n) is 10.8. The fraction of sp³-hybridized carbons (Fsp3) is 0.0154. The molecule has 0 atom stereocenters. The van der Waals surface area contributed by atoms with Crippen molar-refractivity contribution in [1.29, 1.82) is 0 Å². The Kier molecular flexibility index (Phi) is 10.1. The van der Waals surface area contributed by atoms with Crippen LogP contribution < -0.4 is 9.80 Å². The van der Waals surface area contributed by atoms with Crippen LogP contribution in [0.15, 0.2) is 253 Å². The lowest BCUT2D eigenvalue weighted by atomic mass is 9.97. The summed E-state index contributed by atoms with van der Waals surface area (Å²) >= 11 is 0. The van der Waals surface area contributed by atoms with Gasteiger partial charge in [-0.05, 0) is 146 Å². The van der Waals surface area contributed by atoms with Crippen LogP contribution in [-0.2, 0) is 0 Å². The van der Waals surface area contributed by atoms with Gasteiger partial charge in [0, 0.05) is 84.0 Å². The average molecular weight is 911 g/mol. The predicted octanol–water partition coefficient (Wildman–Crippen LogP) is 18.2. The first-order chi connectivity index (χ1) is 35.2. The van der Waals surface area contributed by atoms with Gasteiger partial charge in [-0.2, -0.15) is 0 Å². The molecule has 13 aromatic rings. The molecule has 71 heavy (non-hydrogen) atoms. The Labute approximate surface area is 411 Å². The first-order valence-electron chi connectivity index (χ1n) is 24.0. The van der Waals surface area contributed by atoms with Gasteiger partial charge < -0.3 is 18.9 Å². The van der Waals surface area contributed by atoms with E-state index in [-0.39, 0.29) is 0 Å². The summed E-state index contributed by atoms with van der Waals surface area (Å²) in [4.78, 5) is 14.3. The van der Waals surface area contributed by atoms with Gasteiger partial charge in [0.2, 0.25) is 0 Å². The summed E-state index contributed by atoms with van der Waals surface area (Å²) in [7, 11) is 0. The van der Waals surface area contributed by atoms with Crippen LogP contribution >= 0.6 is 0 Å². The van der Waals surface area contributed by atoms with Crippen LogP contribution in [-0.4, -0.2) is 22.1 Å². The molecule has 0 saturated carbocycles. The van der Waals surface area contributed by atoms with Crippen molar-refractivity contribution in [2.75, 3.05) is 9.80 Å². The maximum atomic E-state index is 4.97. The summed E-state index contributed by atoms with van der Waals surface area (Å²) < 4.78 is 4.80. The summed E-state index contributed by atoms with van der Waals surface area (Å²) in [6.45, 7) is 6.05. The number of fused-ring (bicyclic) bond motifs is 9. The molecule has 2 heterocycles. The monoisotopic (exact) mass is 910 g/mol. The molecule has 0 N–H and O–H groups in total. The van der Waals surface area contributed by atoms with Crippen molar-refractivity contribution in [3.05, 3.63) is 243 Å². The molecule has 2 aromatic heterocycles. The van der Waals surface area contributed by atoms with Gasteiger partial charge in [0.25, 0.3) is 0 Å². The normalized spacial score (nSPS) is 11.7. The van der Waals surface area contributed by atoms with E-state index < -0.39 is 0 Å². The molecule has 0 fully saturated rings. The maximum Gasteiger partial charge on any atom is 0.0966 e. The SMILES string of the molecule is C=Nc1c(N=CC)c2ccc(-n3c4ccccc4c4cc(N(c5ccccc5)c5ccccc5)ccc43)cc2c2cc(-n3c4ccccc4c4cc(N(c5ccccc5)c5ccccc5)ccc43)ccc12. The summed E-state index contributed by atoms with van der Waals surface area (Å²) in [5, 5.41) is 8.88. The zero-order chi connectivity index (χ0) is 47.4. The fourth-order valence-corrected chi connectivity index (χ4v) is 10.8. The van der Waals surface area contributed by atoms with Crippen molar-refractivity contribution in [3.8, 4) is 11.4 Å². The van der Waals surface area contributed by atoms with Crippen molar-refractivity contribution in [2.24, 2.45) is 9.98 Å². The van der Waals surface area contributed by atoms with Crippen LogP contribution in [0.25, 0.3) is 76.5 Å². The lowest BCUT2D eigenvalue weighted by molar-refractivity contribution is 1.18. The Balaban J connectivity index is 1.02. The Morgan fingerprint density at radius 3 is 1.08 bits per heavy atom. The first-order valence-corrected chi connectivity index (χ1v) is 24.0. The van der Waals surface area contributed by atoms with Crippen LogP contribution in [0.2, 0.25) is 0 Å². The molecule has 0 aliphatic rings. The molecule has 13 rings (SSSR count). The van der Waals surface area contributed by atoms with Crippen LogP contribution in [0.3, 0.4) is 0 Å². The molecule has 11 aromatic carbocycles. The van der Waals surface area contributed by atoms with Crippen LogP contribution in [0.4, 0.5) is 45.5 Å². The van der Waals surface area contributed by atoms with Crippen molar-refractivity contribution in [3.63, 3.8) is 0 Å². The third kappa shape index (κ3) is 6.87.